The molecule has 0 aliphatic carbocycles. The number of aromatic nitrogens is 6. The van der Waals surface area contributed by atoms with E-state index in [1.54, 1.807) is 7.11 Å². The van der Waals surface area contributed by atoms with Crippen LogP contribution in [0.2, 0.25) is 0 Å². The van der Waals surface area contributed by atoms with Crippen molar-refractivity contribution in [1.29, 1.82) is 0 Å². The van der Waals surface area contributed by atoms with E-state index in [2.05, 4.69) is 39.8 Å². The van der Waals surface area contributed by atoms with Crippen molar-refractivity contribution in [2.75, 3.05) is 56.2 Å². The second kappa shape index (κ2) is 8.68. The first-order chi connectivity index (χ1) is 13.7. The Balaban J connectivity index is 1.43. The zero-order valence-corrected chi connectivity index (χ0v) is 16.8. The second-order valence-electron chi connectivity index (χ2n) is 7.42. The fourth-order valence-corrected chi connectivity index (χ4v) is 3.75. The number of aryl methyl sites for hydroxylation is 1. The van der Waals surface area contributed by atoms with Gasteiger partial charge in [0, 0.05) is 39.3 Å². The normalized spacial score (nSPS) is 18.9. The number of nitrogens with zero attached hydrogens (tertiary/aromatic N) is 8. The van der Waals surface area contributed by atoms with E-state index in [-0.39, 0.29) is 0 Å². The number of hydrogen-bond donors (Lipinski definition) is 1. The Bertz CT molecular complexity index is 764. The maximum atomic E-state index is 5.36. The molecule has 28 heavy (non-hydrogen) atoms. The van der Waals surface area contributed by atoms with Gasteiger partial charge < -0.3 is 14.5 Å². The number of H-pyrrole nitrogens is 1. The van der Waals surface area contributed by atoms with Crippen molar-refractivity contribution in [3.63, 3.8) is 0 Å². The summed E-state index contributed by atoms with van der Waals surface area (Å²) in [5.74, 6) is 3.14. The maximum Gasteiger partial charge on any atom is 0.322 e. The first kappa shape index (κ1) is 18.9. The van der Waals surface area contributed by atoms with Gasteiger partial charge >= 0.3 is 6.01 Å². The summed E-state index contributed by atoms with van der Waals surface area (Å²) >= 11 is 0. The molecule has 4 heterocycles. The van der Waals surface area contributed by atoms with Crippen molar-refractivity contribution >= 4 is 11.9 Å². The van der Waals surface area contributed by atoms with Gasteiger partial charge in [0.25, 0.3) is 0 Å². The van der Waals surface area contributed by atoms with E-state index in [0.29, 0.717) is 12.0 Å². The van der Waals surface area contributed by atoms with Crippen molar-refractivity contribution in [2.45, 2.75) is 39.2 Å². The molecule has 2 aromatic heterocycles. The molecule has 0 radical (unpaired) electrons. The first-order valence-corrected chi connectivity index (χ1v) is 10.1. The summed E-state index contributed by atoms with van der Waals surface area (Å²) in [5.41, 5.74) is 0. The molecule has 0 bridgehead atoms. The molecule has 152 valence electrons. The molecule has 2 aliphatic heterocycles. The third kappa shape index (κ3) is 4.49. The topological polar surface area (TPSA) is 99.2 Å². The molecule has 0 aromatic carbocycles. The highest BCUT2D eigenvalue weighted by atomic mass is 16.5. The number of rotatable bonds is 5. The smallest absolute Gasteiger partial charge is 0.322 e. The minimum absolute atomic E-state index is 0.392. The van der Waals surface area contributed by atoms with Crippen molar-refractivity contribution in [3.8, 4) is 6.01 Å². The van der Waals surface area contributed by atoms with Crippen LogP contribution >= 0.6 is 0 Å². The number of piperazine rings is 1. The fraction of sp³-hybridized carbons (Fsp3) is 0.722. The highest BCUT2D eigenvalue weighted by molar-refractivity contribution is 5.41. The van der Waals surface area contributed by atoms with Crippen LogP contribution in [-0.2, 0) is 6.54 Å². The van der Waals surface area contributed by atoms with E-state index in [4.69, 9.17) is 9.72 Å². The van der Waals surface area contributed by atoms with Crippen molar-refractivity contribution in [3.05, 3.63) is 11.6 Å². The average Bonchev–Trinajstić information content (AvgIpc) is 2.96. The number of anilines is 2. The fourth-order valence-electron chi connectivity index (χ4n) is 3.75. The van der Waals surface area contributed by atoms with Gasteiger partial charge in [0.2, 0.25) is 11.9 Å². The summed E-state index contributed by atoms with van der Waals surface area (Å²) in [6, 6.07) is 0.392. The Morgan fingerprint density at radius 1 is 0.821 bits per heavy atom. The lowest BCUT2D eigenvalue weighted by Crippen LogP contribution is -2.46. The third-order valence-electron chi connectivity index (χ3n) is 5.33. The van der Waals surface area contributed by atoms with E-state index in [9.17, 15) is 0 Å². The van der Waals surface area contributed by atoms with E-state index in [0.717, 1.165) is 63.4 Å². The van der Waals surface area contributed by atoms with Crippen LogP contribution in [0.5, 0.6) is 6.01 Å². The molecule has 2 aromatic rings. The van der Waals surface area contributed by atoms with Crippen LogP contribution in [0.15, 0.2) is 0 Å². The van der Waals surface area contributed by atoms with Gasteiger partial charge in [-0.3, -0.25) is 10.00 Å². The summed E-state index contributed by atoms with van der Waals surface area (Å²) in [4.78, 5) is 25.0. The summed E-state index contributed by atoms with van der Waals surface area (Å²) in [5, 5.41) is 7.14. The van der Waals surface area contributed by atoms with Gasteiger partial charge in [-0.25, -0.2) is 4.98 Å². The Morgan fingerprint density at radius 2 is 1.46 bits per heavy atom. The highest BCUT2D eigenvalue weighted by Crippen LogP contribution is 2.21. The molecule has 0 unspecified atom stereocenters. The zero-order valence-electron chi connectivity index (χ0n) is 16.8. The quantitative estimate of drug-likeness (QED) is 0.805. The number of aromatic amines is 1. The molecule has 0 atom stereocenters. The number of ether oxygens (including phenoxy) is 1. The van der Waals surface area contributed by atoms with Crippen LogP contribution in [-0.4, -0.2) is 81.4 Å². The van der Waals surface area contributed by atoms with Gasteiger partial charge in [-0.1, -0.05) is 12.8 Å². The van der Waals surface area contributed by atoms with Crippen LogP contribution in [0.3, 0.4) is 0 Å². The molecule has 2 saturated heterocycles. The van der Waals surface area contributed by atoms with Gasteiger partial charge in [-0.15, -0.1) is 0 Å². The van der Waals surface area contributed by atoms with Crippen molar-refractivity contribution in [1.82, 2.24) is 35.0 Å². The first-order valence-electron chi connectivity index (χ1n) is 10.1. The Hall–Kier alpha value is -2.49. The maximum absolute atomic E-state index is 5.36. The van der Waals surface area contributed by atoms with Crippen molar-refractivity contribution < 1.29 is 4.74 Å². The molecule has 1 N–H and O–H groups in total. The lowest BCUT2D eigenvalue weighted by atomic mass is 10.2. The minimum atomic E-state index is 0.392. The predicted octanol–water partition coefficient (Wildman–Crippen LogP) is 1.01. The molecule has 2 aliphatic rings. The van der Waals surface area contributed by atoms with Gasteiger partial charge in [0.1, 0.15) is 5.82 Å². The molecule has 4 rings (SSSR count). The lowest BCUT2D eigenvalue weighted by Gasteiger charge is -2.34. The largest absolute Gasteiger partial charge is 0.467 e. The van der Waals surface area contributed by atoms with Crippen LogP contribution in [0.4, 0.5) is 11.9 Å². The van der Waals surface area contributed by atoms with Crippen LogP contribution in [0, 0.1) is 6.92 Å². The molecule has 0 saturated carbocycles. The standard InChI is InChI=1S/C18H29N9O/c1-14-19-15(24-23-14)13-25-9-11-27(12-10-25)17-20-16(21-18(22-17)28-2)26-7-5-3-4-6-8-26/h3-13H2,1-2H3,(H,19,23,24). The Morgan fingerprint density at radius 3 is 2.04 bits per heavy atom. The third-order valence-corrected chi connectivity index (χ3v) is 5.33. The van der Waals surface area contributed by atoms with Crippen LogP contribution < -0.4 is 14.5 Å². The van der Waals surface area contributed by atoms with Gasteiger partial charge in [0.15, 0.2) is 5.82 Å². The Labute approximate surface area is 165 Å². The van der Waals surface area contributed by atoms with E-state index >= 15 is 0 Å². The Kier molecular flexibility index (Phi) is 5.84. The molecular formula is C18H29N9O. The number of hydrogen-bond acceptors (Lipinski definition) is 9. The summed E-state index contributed by atoms with van der Waals surface area (Å²) < 4.78 is 5.36. The van der Waals surface area contributed by atoms with Crippen molar-refractivity contribution in [2.24, 2.45) is 0 Å². The van der Waals surface area contributed by atoms with Gasteiger partial charge in [-0.2, -0.15) is 20.1 Å². The molecule has 10 nitrogen and oxygen atoms in total. The SMILES string of the molecule is COc1nc(N2CCCCCC2)nc(N2CCN(Cc3n[nH]c(C)n3)CC2)n1. The van der Waals surface area contributed by atoms with Crippen LogP contribution in [0.25, 0.3) is 0 Å². The second-order valence-corrected chi connectivity index (χ2v) is 7.42. The number of methoxy groups -OCH3 is 1. The van der Waals surface area contributed by atoms with E-state index in [1.807, 2.05) is 6.92 Å². The lowest BCUT2D eigenvalue weighted by molar-refractivity contribution is 0.243. The molecular weight excluding hydrogens is 358 g/mol. The highest BCUT2D eigenvalue weighted by Gasteiger charge is 2.23. The summed E-state index contributed by atoms with van der Waals surface area (Å²) in [7, 11) is 1.61. The number of nitrogens with one attached hydrogen (secondary N) is 1. The van der Waals surface area contributed by atoms with Gasteiger partial charge in [0.05, 0.1) is 13.7 Å². The predicted molar refractivity (Wildman–Crippen MR) is 106 cm³/mol. The average molecular weight is 387 g/mol. The van der Waals surface area contributed by atoms with E-state index in [1.165, 1.54) is 25.7 Å². The zero-order chi connectivity index (χ0) is 19.3. The van der Waals surface area contributed by atoms with Gasteiger partial charge in [-0.05, 0) is 19.8 Å². The monoisotopic (exact) mass is 387 g/mol. The molecule has 0 spiro atoms. The van der Waals surface area contributed by atoms with E-state index < -0.39 is 0 Å². The minimum Gasteiger partial charge on any atom is -0.467 e. The summed E-state index contributed by atoms with van der Waals surface area (Å²) in [6.45, 7) is 8.22. The molecule has 10 heteroatoms. The molecule has 0 amide bonds. The molecule has 2 fully saturated rings. The summed E-state index contributed by atoms with van der Waals surface area (Å²) in [6.07, 6.45) is 4.92. The van der Waals surface area contributed by atoms with Crippen LogP contribution in [0.1, 0.15) is 37.3 Å².